The number of methoxy groups -OCH3 is 1. The predicted octanol–water partition coefficient (Wildman–Crippen LogP) is 1.78. The van der Waals surface area contributed by atoms with E-state index in [2.05, 4.69) is 5.32 Å². The molecule has 6 heteroatoms. The second-order valence-electron chi connectivity index (χ2n) is 4.66. The summed E-state index contributed by atoms with van der Waals surface area (Å²) in [5.74, 6) is -0.240. The van der Waals surface area contributed by atoms with E-state index in [1.807, 2.05) is 4.90 Å². The number of carbonyl (C=O) groups is 1. The van der Waals surface area contributed by atoms with Gasteiger partial charge >= 0.3 is 6.09 Å². The molecule has 5 nitrogen and oxygen atoms in total. The van der Waals surface area contributed by atoms with Crippen molar-refractivity contribution in [2.75, 3.05) is 38.3 Å². The standard InChI is InChI=1S/C14H19FN2O3/c1-19-8-9-20-14(18)16-11-6-7-17(10-11)13-5-3-2-4-12(13)15/h2-5,11H,6-10H2,1H3,(H,16,18)/t11-/m1/s1. The first kappa shape index (κ1) is 14.6. The molecule has 20 heavy (non-hydrogen) atoms. The number of benzene rings is 1. The Balaban J connectivity index is 1.81. The van der Waals surface area contributed by atoms with Crippen LogP contribution >= 0.6 is 0 Å². The van der Waals surface area contributed by atoms with Crippen molar-refractivity contribution in [1.29, 1.82) is 0 Å². The minimum absolute atomic E-state index is 0.0235. The third kappa shape index (κ3) is 3.84. The molecule has 0 aliphatic carbocycles. The predicted molar refractivity (Wildman–Crippen MR) is 73.4 cm³/mol. The number of carbonyl (C=O) groups excluding carboxylic acids is 1. The lowest BCUT2D eigenvalue weighted by atomic mass is 10.3. The molecule has 1 aliphatic rings. The van der Waals surface area contributed by atoms with Crippen LogP contribution in [0.3, 0.4) is 0 Å². The molecule has 0 radical (unpaired) electrons. The largest absolute Gasteiger partial charge is 0.447 e. The van der Waals surface area contributed by atoms with Gasteiger partial charge in [0.1, 0.15) is 12.4 Å². The zero-order chi connectivity index (χ0) is 14.4. The minimum Gasteiger partial charge on any atom is -0.447 e. The van der Waals surface area contributed by atoms with Gasteiger partial charge < -0.3 is 19.7 Å². The molecule has 1 heterocycles. The monoisotopic (exact) mass is 282 g/mol. The zero-order valence-corrected chi connectivity index (χ0v) is 11.5. The molecule has 0 unspecified atom stereocenters. The fourth-order valence-corrected chi connectivity index (χ4v) is 2.23. The lowest BCUT2D eigenvalue weighted by Crippen LogP contribution is -2.38. The molecule has 0 saturated carbocycles. The molecule has 1 atom stereocenters. The molecule has 1 aliphatic heterocycles. The molecule has 110 valence electrons. The molecule has 1 fully saturated rings. The molecule has 0 spiro atoms. The van der Waals surface area contributed by atoms with Crippen molar-refractivity contribution in [3.63, 3.8) is 0 Å². The summed E-state index contributed by atoms with van der Waals surface area (Å²) < 4.78 is 23.4. The van der Waals surface area contributed by atoms with Crippen LogP contribution in [0.5, 0.6) is 0 Å². The maximum absolute atomic E-state index is 13.7. The molecule has 1 amide bonds. The maximum Gasteiger partial charge on any atom is 0.407 e. The summed E-state index contributed by atoms with van der Waals surface area (Å²) in [4.78, 5) is 13.4. The van der Waals surface area contributed by atoms with Crippen molar-refractivity contribution in [3.8, 4) is 0 Å². The summed E-state index contributed by atoms with van der Waals surface area (Å²) in [5, 5.41) is 2.78. The number of hydrogen-bond acceptors (Lipinski definition) is 4. The Hall–Kier alpha value is -1.82. The smallest absolute Gasteiger partial charge is 0.407 e. The van der Waals surface area contributed by atoms with Crippen LogP contribution in [0.4, 0.5) is 14.9 Å². The van der Waals surface area contributed by atoms with E-state index in [1.54, 1.807) is 25.3 Å². The first-order valence-electron chi connectivity index (χ1n) is 6.62. The number of halogens is 1. The van der Waals surface area contributed by atoms with E-state index in [1.165, 1.54) is 6.07 Å². The highest BCUT2D eigenvalue weighted by molar-refractivity contribution is 5.68. The number of hydrogen-bond donors (Lipinski definition) is 1. The van der Waals surface area contributed by atoms with E-state index in [4.69, 9.17) is 9.47 Å². The van der Waals surface area contributed by atoms with Crippen LogP contribution in [-0.4, -0.2) is 45.5 Å². The van der Waals surface area contributed by atoms with E-state index in [-0.39, 0.29) is 18.5 Å². The SMILES string of the molecule is COCCOC(=O)N[C@@H]1CCN(c2ccccc2F)C1. The molecule has 1 N–H and O–H groups in total. The fraction of sp³-hybridized carbons (Fsp3) is 0.500. The van der Waals surface area contributed by atoms with Gasteiger partial charge in [-0.3, -0.25) is 0 Å². The lowest BCUT2D eigenvalue weighted by Gasteiger charge is -2.19. The van der Waals surface area contributed by atoms with Gasteiger partial charge in [0.15, 0.2) is 0 Å². The average Bonchev–Trinajstić information content (AvgIpc) is 2.88. The van der Waals surface area contributed by atoms with Gasteiger partial charge in [-0.05, 0) is 18.6 Å². The lowest BCUT2D eigenvalue weighted by molar-refractivity contribution is 0.0969. The average molecular weight is 282 g/mol. The van der Waals surface area contributed by atoms with Crippen molar-refractivity contribution >= 4 is 11.8 Å². The van der Waals surface area contributed by atoms with Gasteiger partial charge in [-0.15, -0.1) is 0 Å². The number of anilines is 1. The second-order valence-corrected chi connectivity index (χ2v) is 4.66. The Morgan fingerprint density at radius 2 is 2.25 bits per heavy atom. The Kier molecular flexibility index (Phi) is 5.17. The van der Waals surface area contributed by atoms with Crippen LogP contribution in [0.25, 0.3) is 0 Å². The number of amides is 1. The topological polar surface area (TPSA) is 50.8 Å². The first-order valence-corrected chi connectivity index (χ1v) is 6.62. The third-order valence-corrected chi connectivity index (χ3v) is 3.22. The van der Waals surface area contributed by atoms with Gasteiger partial charge in [-0.1, -0.05) is 12.1 Å². The van der Waals surface area contributed by atoms with E-state index in [0.29, 0.717) is 25.4 Å². The zero-order valence-electron chi connectivity index (χ0n) is 11.5. The van der Waals surface area contributed by atoms with Crippen LogP contribution in [0.1, 0.15) is 6.42 Å². The summed E-state index contributed by atoms with van der Waals surface area (Å²) >= 11 is 0. The number of rotatable bonds is 5. The highest BCUT2D eigenvalue weighted by Gasteiger charge is 2.25. The molecular formula is C14H19FN2O3. The molecule has 1 saturated heterocycles. The number of ether oxygens (including phenoxy) is 2. The maximum atomic E-state index is 13.7. The summed E-state index contributed by atoms with van der Waals surface area (Å²) in [6, 6.07) is 6.63. The fourth-order valence-electron chi connectivity index (χ4n) is 2.23. The number of nitrogens with zero attached hydrogens (tertiary/aromatic N) is 1. The number of alkyl carbamates (subject to hydrolysis) is 1. The Morgan fingerprint density at radius 1 is 1.45 bits per heavy atom. The first-order chi connectivity index (χ1) is 9.70. The van der Waals surface area contributed by atoms with Crippen molar-refractivity contribution in [1.82, 2.24) is 5.32 Å². The van der Waals surface area contributed by atoms with Gasteiger partial charge in [0.25, 0.3) is 0 Å². The molecule has 2 rings (SSSR count). The van der Waals surface area contributed by atoms with Crippen LogP contribution < -0.4 is 10.2 Å². The minimum atomic E-state index is -0.456. The van der Waals surface area contributed by atoms with Crippen LogP contribution in [0.15, 0.2) is 24.3 Å². The van der Waals surface area contributed by atoms with E-state index in [9.17, 15) is 9.18 Å². The van der Waals surface area contributed by atoms with Crippen molar-refractivity contribution in [3.05, 3.63) is 30.1 Å². The van der Waals surface area contributed by atoms with E-state index < -0.39 is 6.09 Å². The van der Waals surface area contributed by atoms with Gasteiger partial charge in [0.2, 0.25) is 0 Å². The van der Waals surface area contributed by atoms with Crippen LogP contribution in [0, 0.1) is 5.82 Å². The molecule has 1 aromatic rings. The summed E-state index contributed by atoms with van der Waals surface area (Å²) in [6.07, 6.45) is 0.315. The van der Waals surface area contributed by atoms with Gasteiger partial charge in [-0.2, -0.15) is 0 Å². The summed E-state index contributed by atoms with van der Waals surface area (Å²) in [6.45, 7) is 1.90. The number of nitrogens with one attached hydrogen (secondary N) is 1. The normalized spacial score (nSPS) is 18.1. The Labute approximate surface area is 117 Å². The molecule has 0 bridgehead atoms. The van der Waals surface area contributed by atoms with Crippen molar-refractivity contribution in [2.45, 2.75) is 12.5 Å². The molecule has 1 aromatic carbocycles. The molecule has 0 aromatic heterocycles. The number of para-hydroxylation sites is 1. The Bertz CT molecular complexity index is 456. The summed E-state index contributed by atoms with van der Waals surface area (Å²) in [7, 11) is 1.55. The highest BCUT2D eigenvalue weighted by Crippen LogP contribution is 2.23. The van der Waals surface area contributed by atoms with Gasteiger partial charge in [0, 0.05) is 20.2 Å². The van der Waals surface area contributed by atoms with Gasteiger partial charge in [-0.25, -0.2) is 9.18 Å². The highest BCUT2D eigenvalue weighted by atomic mass is 19.1. The van der Waals surface area contributed by atoms with Crippen molar-refractivity contribution in [2.24, 2.45) is 0 Å². The van der Waals surface area contributed by atoms with E-state index >= 15 is 0 Å². The van der Waals surface area contributed by atoms with E-state index in [0.717, 1.165) is 6.42 Å². The Morgan fingerprint density at radius 3 is 3.00 bits per heavy atom. The third-order valence-electron chi connectivity index (χ3n) is 3.22. The molecular weight excluding hydrogens is 263 g/mol. The second kappa shape index (κ2) is 7.09. The van der Waals surface area contributed by atoms with Crippen LogP contribution in [0.2, 0.25) is 0 Å². The quantitative estimate of drug-likeness (QED) is 0.836. The van der Waals surface area contributed by atoms with Crippen molar-refractivity contribution < 1.29 is 18.7 Å². The summed E-state index contributed by atoms with van der Waals surface area (Å²) in [5.41, 5.74) is 0.574. The van der Waals surface area contributed by atoms with Crippen LogP contribution in [-0.2, 0) is 9.47 Å². The van der Waals surface area contributed by atoms with Gasteiger partial charge in [0.05, 0.1) is 18.3 Å².